The summed E-state index contributed by atoms with van der Waals surface area (Å²) >= 11 is 1.05. The van der Waals surface area contributed by atoms with Gasteiger partial charge in [-0.15, -0.1) is 11.3 Å². The number of alkyl halides is 3. The second-order valence-electron chi connectivity index (χ2n) is 12.1. The third-order valence-corrected chi connectivity index (χ3v) is 9.80. The van der Waals surface area contributed by atoms with Crippen LogP contribution in [0.1, 0.15) is 40.1 Å². The molecular weight excluding hydrogens is 652 g/mol. The van der Waals surface area contributed by atoms with Crippen molar-refractivity contribution in [3.05, 3.63) is 88.3 Å². The summed E-state index contributed by atoms with van der Waals surface area (Å²) < 4.78 is 40.8. The molecule has 0 saturated carbocycles. The van der Waals surface area contributed by atoms with Gasteiger partial charge in [-0.1, -0.05) is 18.7 Å². The molecule has 1 aromatic carbocycles. The molecule has 14 heteroatoms. The molecule has 5 aromatic rings. The molecule has 49 heavy (non-hydrogen) atoms. The molecule has 250 valence electrons. The van der Waals surface area contributed by atoms with Crippen molar-refractivity contribution >= 4 is 50.0 Å². The second-order valence-corrected chi connectivity index (χ2v) is 13.2. The average molecular weight is 684 g/mol. The Kier molecular flexibility index (Phi) is 9.62. The predicted molar refractivity (Wildman–Crippen MR) is 182 cm³/mol. The van der Waals surface area contributed by atoms with Crippen LogP contribution in [0.15, 0.2) is 61.1 Å². The first-order valence-corrected chi connectivity index (χ1v) is 16.5. The molecule has 0 radical (unpaired) electrons. The number of hydrogen-bond donors (Lipinski definition) is 2. The lowest BCUT2D eigenvalue weighted by atomic mass is 10.0. The van der Waals surface area contributed by atoms with E-state index in [2.05, 4.69) is 62.2 Å². The van der Waals surface area contributed by atoms with Gasteiger partial charge in [0.15, 0.2) is 0 Å². The van der Waals surface area contributed by atoms with Gasteiger partial charge in [0.1, 0.15) is 46.2 Å². The van der Waals surface area contributed by atoms with E-state index in [0.717, 1.165) is 65.8 Å². The zero-order chi connectivity index (χ0) is 34.7. The molecular formula is C35H32F3N9OS. The third-order valence-electron chi connectivity index (χ3n) is 8.76. The number of pyridine rings is 1. The lowest BCUT2D eigenvalue weighted by Crippen LogP contribution is -2.39. The number of aryl methyl sites for hydroxylation is 3. The highest BCUT2D eigenvalue weighted by Gasteiger charge is 2.29. The number of thiophene rings is 1. The van der Waals surface area contributed by atoms with Gasteiger partial charge in [-0.25, -0.2) is 15.0 Å². The van der Waals surface area contributed by atoms with Crippen LogP contribution in [0, 0.1) is 29.6 Å². The minimum Gasteiger partial charge on any atom is -0.367 e. The van der Waals surface area contributed by atoms with Crippen molar-refractivity contribution in [2.45, 2.75) is 57.9 Å². The Morgan fingerprint density at radius 2 is 1.90 bits per heavy atom. The molecule has 5 heterocycles. The molecule has 0 bridgehead atoms. The summed E-state index contributed by atoms with van der Waals surface area (Å²) in [5.74, 6) is 0.304. The van der Waals surface area contributed by atoms with Gasteiger partial charge in [-0.05, 0) is 67.1 Å². The van der Waals surface area contributed by atoms with E-state index in [0.29, 0.717) is 40.5 Å². The van der Waals surface area contributed by atoms with Gasteiger partial charge in [0.25, 0.3) is 5.91 Å². The normalized spacial score (nSPS) is 14.1. The predicted octanol–water partition coefficient (Wildman–Crippen LogP) is 6.66. The summed E-state index contributed by atoms with van der Waals surface area (Å²) in [7, 11) is 0. The molecule has 6 rings (SSSR count). The summed E-state index contributed by atoms with van der Waals surface area (Å²) in [4.78, 5) is 27.8. The zero-order valence-corrected chi connectivity index (χ0v) is 27.5. The van der Waals surface area contributed by atoms with E-state index in [-0.39, 0.29) is 16.5 Å². The number of carbonyl (C=O) groups is 1. The fourth-order valence-corrected chi connectivity index (χ4v) is 7.16. The fourth-order valence-electron chi connectivity index (χ4n) is 6.13. The van der Waals surface area contributed by atoms with Gasteiger partial charge in [0, 0.05) is 54.2 Å². The number of fused-ring (bicyclic) bond motifs is 2. The molecule has 1 amide bonds. The SMILES string of the molecule is C=C(C#N)C(=O)Nc1ccc(CCn2c(C#N)cc3c(C)c(CN4CCC(Nc5ncnc6sc(CC(F)(F)F)cc56)CC4)ccc32)cn1. The maximum atomic E-state index is 12.9. The van der Waals surface area contributed by atoms with Gasteiger partial charge in [0.05, 0.1) is 11.8 Å². The Bertz CT molecular complexity index is 2120. The van der Waals surface area contributed by atoms with Crippen LogP contribution in [0.5, 0.6) is 0 Å². The van der Waals surface area contributed by atoms with Crippen molar-refractivity contribution in [3.8, 4) is 12.1 Å². The number of hydrogen-bond acceptors (Lipinski definition) is 9. The number of benzene rings is 1. The number of piperidine rings is 1. The van der Waals surface area contributed by atoms with Crippen LogP contribution < -0.4 is 10.6 Å². The van der Waals surface area contributed by atoms with E-state index in [1.165, 1.54) is 11.9 Å². The number of halogens is 3. The van der Waals surface area contributed by atoms with E-state index in [4.69, 9.17) is 5.26 Å². The number of aromatic nitrogens is 4. The Hall–Kier alpha value is -5.31. The average Bonchev–Trinajstić information content (AvgIpc) is 3.66. The highest BCUT2D eigenvalue weighted by Crippen LogP contribution is 2.33. The summed E-state index contributed by atoms with van der Waals surface area (Å²) in [6.45, 7) is 8.51. The number of nitriles is 2. The second kappa shape index (κ2) is 14.0. The number of rotatable bonds is 10. The van der Waals surface area contributed by atoms with Crippen molar-refractivity contribution < 1.29 is 18.0 Å². The number of anilines is 2. The van der Waals surface area contributed by atoms with Crippen LogP contribution in [0.25, 0.3) is 21.1 Å². The van der Waals surface area contributed by atoms with E-state index in [1.54, 1.807) is 24.4 Å². The molecule has 4 aromatic heterocycles. The highest BCUT2D eigenvalue weighted by molar-refractivity contribution is 7.18. The largest absolute Gasteiger partial charge is 0.393 e. The summed E-state index contributed by atoms with van der Waals surface area (Å²) in [6, 6.07) is 15.4. The van der Waals surface area contributed by atoms with E-state index < -0.39 is 18.5 Å². The standard InChI is InChI=1S/C35H32F3N9OS/c1-21(16-39)33(48)45-31-6-3-23(18-41-31)7-12-47-26(17-40)13-28-22(2)24(4-5-30(28)47)19-46-10-8-25(9-11-46)44-32-29-14-27(15-35(36,37)38)49-34(29)43-20-42-32/h3-6,13-14,18,20,25H,1,7-12,15,19H2,2H3,(H,41,45,48)(H,42,43,44). The first kappa shape index (κ1) is 33.6. The van der Waals surface area contributed by atoms with Gasteiger partial charge in [0.2, 0.25) is 0 Å². The summed E-state index contributed by atoms with van der Waals surface area (Å²) in [5.41, 5.74) is 4.61. The van der Waals surface area contributed by atoms with Crippen molar-refractivity contribution in [1.29, 1.82) is 10.5 Å². The van der Waals surface area contributed by atoms with Crippen molar-refractivity contribution in [2.75, 3.05) is 23.7 Å². The number of carbonyl (C=O) groups excluding carboxylic acids is 1. The van der Waals surface area contributed by atoms with Gasteiger partial charge < -0.3 is 15.2 Å². The van der Waals surface area contributed by atoms with Crippen LogP contribution in [-0.4, -0.2) is 55.6 Å². The number of nitrogens with one attached hydrogen (secondary N) is 2. The Labute approximate surface area is 284 Å². The van der Waals surface area contributed by atoms with Gasteiger partial charge in [-0.3, -0.25) is 9.69 Å². The minimum absolute atomic E-state index is 0.143. The van der Waals surface area contributed by atoms with Crippen LogP contribution in [0.3, 0.4) is 0 Å². The van der Waals surface area contributed by atoms with Crippen molar-refractivity contribution in [3.63, 3.8) is 0 Å². The molecule has 1 fully saturated rings. The lowest BCUT2D eigenvalue weighted by Gasteiger charge is -2.33. The fraction of sp³-hybridized carbons (Fsp3) is 0.314. The first-order chi connectivity index (χ1) is 23.5. The minimum atomic E-state index is -4.27. The zero-order valence-electron chi connectivity index (χ0n) is 26.6. The Balaban J connectivity index is 1.07. The van der Waals surface area contributed by atoms with Gasteiger partial charge in [-0.2, -0.15) is 23.7 Å². The van der Waals surface area contributed by atoms with E-state index in [1.807, 2.05) is 16.7 Å². The summed E-state index contributed by atoms with van der Waals surface area (Å²) in [6.07, 6.45) is 0.153. The maximum Gasteiger partial charge on any atom is 0.393 e. The molecule has 0 atom stereocenters. The number of amides is 1. The molecule has 0 unspecified atom stereocenters. The molecule has 1 aliphatic heterocycles. The van der Waals surface area contributed by atoms with Crippen LogP contribution in [0.2, 0.25) is 0 Å². The quantitative estimate of drug-likeness (QED) is 0.123. The molecule has 10 nitrogen and oxygen atoms in total. The number of likely N-dealkylation sites (tertiary alicyclic amines) is 1. The molecule has 1 saturated heterocycles. The van der Waals surface area contributed by atoms with Crippen LogP contribution in [0.4, 0.5) is 24.8 Å². The third kappa shape index (κ3) is 7.72. The molecule has 2 N–H and O–H groups in total. The molecule has 0 spiro atoms. The van der Waals surface area contributed by atoms with Crippen molar-refractivity contribution in [1.82, 2.24) is 24.4 Å². The topological polar surface area (TPSA) is 136 Å². The van der Waals surface area contributed by atoms with Crippen LogP contribution >= 0.6 is 11.3 Å². The Morgan fingerprint density at radius 3 is 2.59 bits per heavy atom. The lowest BCUT2D eigenvalue weighted by molar-refractivity contribution is -0.126. The monoisotopic (exact) mass is 683 g/mol. The Morgan fingerprint density at radius 1 is 1.10 bits per heavy atom. The van der Waals surface area contributed by atoms with E-state index in [9.17, 15) is 23.2 Å². The highest BCUT2D eigenvalue weighted by atomic mass is 32.1. The smallest absolute Gasteiger partial charge is 0.367 e. The molecule has 0 aliphatic carbocycles. The maximum absolute atomic E-state index is 12.9. The van der Waals surface area contributed by atoms with Gasteiger partial charge >= 0.3 is 6.18 Å². The van der Waals surface area contributed by atoms with E-state index >= 15 is 0 Å². The number of nitrogens with zero attached hydrogens (tertiary/aromatic N) is 7. The molecule has 1 aliphatic rings. The van der Waals surface area contributed by atoms with Crippen LogP contribution in [-0.2, 0) is 30.7 Å². The summed E-state index contributed by atoms with van der Waals surface area (Å²) in [5, 5.41) is 26.4. The van der Waals surface area contributed by atoms with Crippen molar-refractivity contribution in [2.24, 2.45) is 0 Å². The first-order valence-electron chi connectivity index (χ1n) is 15.7.